The monoisotopic (exact) mass is 542 g/mol. The van der Waals surface area contributed by atoms with E-state index in [1.54, 1.807) is 54.6 Å². The first-order valence-corrected chi connectivity index (χ1v) is 11.2. The molecule has 0 unspecified atom stereocenters. The number of methoxy groups -OCH3 is 1. The Hall–Kier alpha value is -3.20. The Morgan fingerprint density at radius 2 is 1.85 bits per heavy atom. The quantitative estimate of drug-likeness (QED) is 0.242. The summed E-state index contributed by atoms with van der Waals surface area (Å²) in [6.45, 7) is 0. The molecular weight excluding hydrogens is 528 g/mol. The summed E-state index contributed by atoms with van der Waals surface area (Å²) in [7, 11) is 1.48. The molecule has 0 saturated carbocycles. The van der Waals surface area contributed by atoms with Gasteiger partial charge in [0, 0.05) is 21.1 Å². The summed E-state index contributed by atoms with van der Waals surface area (Å²) >= 11 is 15.1. The predicted octanol–water partition coefficient (Wildman–Crippen LogP) is 6.01. The first-order valence-electron chi connectivity index (χ1n) is 9.64. The van der Waals surface area contributed by atoms with Gasteiger partial charge in [-0.3, -0.25) is 10.1 Å². The molecule has 4 rings (SSSR count). The van der Waals surface area contributed by atoms with Crippen LogP contribution in [0.3, 0.4) is 0 Å². The van der Waals surface area contributed by atoms with Crippen molar-refractivity contribution in [3.8, 4) is 16.9 Å². The number of halogens is 2. The van der Waals surface area contributed by atoms with E-state index in [4.69, 9.17) is 33.0 Å². The van der Waals surface area contributed by atoms with Crippen LogP contribution in [0.1, 0.15) is 10.4 Å². The van der Waals surface area contributed by atoms with Crippen molar-refractivity contribution in [3.05, 3.63) is 92.2 Å². The molecule has 1 aromatic heterocycles. The largest absolute Gasteiger partial charge is 0.496 e. The number of nitrogens with one attached hydrogen (secondary N) is 2. The maximum absolute atomic E-state index is 12.6. The number of carbonyl (C=O) groups is 1. The highest BCUT2D eigenvalue weighted by Crippen LogP contribution is 2.30. The van der Waals surface area contributed by atoms with Gasteiger partial charge < -0.3 is 14.5 Å². The fraction of sp³-hybridized carbons (Fsp3) is 0.0417. The third kappa shape index (κ3) is 5.08. The number of carbonyl (C=O) groups excluding carboxylic acids is 1. The molecule has 2 N–H and O–H groups in total. The minimum atomic E-state index is -0.484. The average molecular weight is 544 g/mol. The molecular formula is C24H16BrClN2O4S. The second-order valence-electron chi connectivity index (χ2n) is 6.93. The number of para-hydroxylation sites is 1. The fourth-order valence-electron chi connectivity index (χ4n) is 3.25. The SMILES string of the molecule is COc1ccc(Br)cc1C(=O)NC(=S)Nc1ccc(-c2cc3ccccc3oc2=O)c(Cl)c1. The number of thiocarbonyl (C=S) groups is 1. The van der Waals surface area contributed by atoms with Gasteiger partial charge in [-0.15, -0.1) is 0 Å². The third-order valence-corrected chi connectivity index (χ3v) is 5.80. The summed E-state index contributed by atoms with van der Waals surface area (Å²) in [5.41, 5.74) is 1.76. The van der Waals surface area contributed by atoms with Crippen molar-refractivity contribution < 1.29 is 13.9 Å². The van der Waals surface area contributed by atoms with E-state index in [9.17, 15) is 9.59 Å². The maximum Gasteiger partial charge on any atom is 0.344 e. The second kappa shape index (κ2) is 9.74. The van der Waals surface area contributed by atoms with Gasteiger partial charge in [0.25, 0.3) is 5.91 Å². The lowest BCUT2D eigenvalue weighted by Gasteiger charge is -2.13. The molecule has 6 nitrogen and oxygen atoms in total. The van der Waals surface area contributed by atoms with Gasteiger partial charge in [0.05, 0.1) is 23.3 Å². The first kappa shape index (κ1) is 23.0. The molecule has 0 atom stereocenters. The van der Waals surface area contributed by atoms with Crippen LogP contribution in [0.2, 0.25) is 5.02 Å². The number of hydrogen-bond donors (Lipinski definition) is 2. The van der Waals surface area contributed by atoms with Gasteiger partial charge in [-0.05, 0) is 54.7 Å². The molecule has 0 radical (unpaired) electrons. The predicted molar refractivity (Wildman–Crippen MR) is 137 cm³/mol. The van der Waals surface area contributed by atoms with Crippen LogP contribution in [0.4, 0.5) is 5.69 Å². The molecule has 0 aliphatic heterocycles. The normalized spacial score (nSPS) is 10.6. The lowest BCUT2D eigenvalue weighted by Crippen LogP contribution is -2.34. The zero-order chi connectivity index (χ0) is 23.5. The van der Waals surface area contributed by atoms with Crippen LogP contribution < -0.4 is 21.0 Å². The highest BCUT2D eigenvalue weighted by molar-refractivity contribution is 9.10. The number of ether oxygens (including phenoxy) is 1. The molecule has 3 aromatic carbocycles. The zero-order valence-corrected chi connectivity index (χ0v) is 20.3. The number of amides is 1. The Morgan fingerprint density at radius 1 is 1.06 bits per heavy atom. The van der Waals surface area contributed by atoms with E-state index in [1.807, 2.05) is 12.1 Å². The standard InChI is InChI=1S/C24H16BrClN2O4S/c1-31-21-9-6-14(25)11-18(21)22(29)28-24(33)27-15-7-8-16(19(26)12-15)17-10-13-4-2-3-5-20(13)32-23(17)30/h2-12H,1H3,(H2,27,28,29,33). The Labute approximate surface area is 207 Å². The van der Waals surface area contributed by atoms with E-state index in [0.29, 0.717) is 38.7 Å². The van der Waals surface area contributed by atoms with Crippen LogP contribution in [0.15, 0.2) is 80.4 Å². The van der Waals surface area contributed by atoms with E-state index in [2.05, 4.69) is 26.6 Å². The summed E-state index contributed by atoms with van der Waals surface area (Å²) in [6.07, 6.45) is 0. The van der Waals surface area contributed by atoms with Crippen LogP contribution >= 0.6 is 39.7 Å². The molecule has 0 spiro atoms. The maximum atomic E-state index is 12.6. The Kier molecular flexibility index (Phi) is 6.78. The minimum absolute atomic E-state index is 0.0797. The molecule has 0 fully saturated rings. The molecule has 9 heteroatoms. The van der Waals surface area contributed by atoms with Gasteiger partial charge in [0.1, 0.15) is 11.3 Å². The average Bonchev–Trinajstić information content (AvgIpc) is 2.79. The van der Waals surface area contributed by atoms with E-state index in [1.165, 1.54) is 7.11 Å². The summed E-state index contributed by atoms with van der Waals surface area (Å²) in [5, 5.41) is 6.73. The highest BCUT2D eigenvalue weighted by Gasteiger charge is 2.15. The van der Waals surface area contributed by atoms with Crippen LogP contribution in [0.25, 0.3) is 22.1 Å². The highest BCUT2D eigenvalue weighted by atomic mass is 79.9. The van der Waals surface area contributed by atoms with Crippen molar-refractivity contribution in [1.29, 1.82) is 0 Å². The van der Waals surface area contributed by atoms with Crippen LogP contribution in [0, 0.1) is 0 Å². The molecule has 166 valence electrons. The van der Waals surface area contributed by atoms with Gasteiger partial charge in [-0.25, -0.2) is 4.79 Å². The van der Waals surface area contributed by atoms with Gasteiger partial charge in [-0.2, -0.15) is 0 Å². The molecule has 1 amide bonds. The molecule has 1 heterocycles. The smallest absolute Gasteiger partial charge is 0.344 e. The van der Waals surface area contributed by atoms with Gasteiger partial charge in [-0.1, -0.05) is 51.8 Å². The Bertz CT molecular complexity index is 1450. The van der Waals surface area contributed by atoms with Gasteiger partial charge in [0.2, 0.25) is 0 Å². The van der Waals surface area contributed by atoms with Gasteiger partial charge >= 0.3 is 5.63 Å². The summed E-state index contributed by atoms with van der Waals surface area (Å²) < 4.78 is 11.4. The van der Waals surface area contributed by atoms with Crippen LogP contribution in [0.5, 0.6) is 5.75 Å². The molecule has 0 aliphatic carbocycles. The first-order chi connectivity index (χ1) is 15.9. The van der Waals surface area contributed by atoms with Crippen molar-refractivity contribution in [2.75, 3.05) is 12.4 Å². The molecule has 33 heavy (non-hydrogen) atoms. The number of hydrogen-bond acceptors (Lipinski definition) is 5. The molecule has 0 aliphatic rings. The number of fused-ring (bicyclic) bond motifs is 1. The van der Waals surface area contributed by atoms with Crippen molar-refractivity contribution >= 4 is 67.4 Å². The van der Waals surface area contributed by atoms with E-state index >= 15 is 0 Å². The van der Waals surface area contributed by atoms with Crippen molar-refractivity contribution in [1.82, 2.24) is 5.32 Å². The minimum Gasteiger partial charge on any atom is -0.496 e. The molecule has 0 bridgehead atoms. The Morgan fingerprint density at radius 3 is 2.61 bits per heavy atom. The zero-order valence-electron chi connectivity index (χ0n) is 17.1. The number of benzene rings is 3. The summed E-state index contributed by atoms with van der Waals surface area (Å²) in [4.78, 5) is 25.1. The lowest BCUT2D eigenvalue weighted by atomic mass is 10.1. The van der Waals surface area contributed by atoms with Crippen molar-refractivity contribution in [3.63, 3.8) is 0 Å². The number of anilines is 1. The van der Waals surface area contributed by atoms with E-state index in [0.717, 1.165) is 9.86 Å². The summed E-state index contributed by atoms with van der Waals surface area (Å²) in [6, 6.07) is 19.1. The van der Waals surface area contributed by atoms with Crippen LogP contribution in [-0.4, -0.2) is 18.1 Å². The molecule has 4 aromatic rings. The van der Waals surface area contributed by atoms with Crippen molar-refractivity contribution in [2.24, 2.45) is 0 Å². The Balaban J connectivity index is 1.53. The lowest BCUT2D eigenvalue weighted by molar-refractivity contribution is 0.0974. The van der Waals surface area contributed by atoms with E-state index < -0.39 is 11.5 Å². The topological polar surface area (TPSA) is 80.6 Å². The molecule has 0 saturated heterocycles. The third-order valence-electron chi connectivity index (χ3n) is 4.79. The summed E-state index contributed by atoms with van der Waals surface area (Å²) in [5.74, 6) is -0.0118. The van der Waals surface area contributed by atoms with E-state index in [-0.39, 0.29) is 5.11 Å². The number of rotatable bonds is 4. The second-order valence-corrected chi connectivity index (χ2v) is 8.66. The fourth-order valence-corrected chi connectivity index (χ4v) is 4.11. The van der Waals surface area contributed by atoms with Gasteiger partial charge in [0.15, 0.2) is 5.11 Å². The van der Waals surface area contributed by atoms with Crippen molar-refractivity contribution in [2.45, 2.75) is 0 Å². The van der Waals surface area contributed by atoms with Crippen LogP contribution in [-0.2, 0) is 0 Å².